The molecule has 0 spiro atoms. The van der Waals surface area contributed by atoms with Crippen LogP contribution in [0.3, 0.4) is 0 Å². The lowest BCUT2D eigenvalue weighted by atomic mass is 10.1. The molecule has 0 bridgehead atoms. The van der Waals surface area contributed by atoms with Crippen LogP contribution in [-0.4, -0.2) is 63.3 Å². The number of aromatic nitrogens is 2. The molecule has 5 N–H and O–H groups in total. The zero-order valence-electron chi connectivity index (χ0n) is 19.8. The molecule has 1 aromatic carbocycles. The van der Waals surface area contributed by atoms with E-state index in [1.54, 1.807) is 12.1 Å². The van der Waals surface area contributed by atoms with Crippen molar-refractivity contribution >= 4 is 40.8 Å². The molecule has 14 heteroatoms. The number of primary amides is 1. The number of halogens is 2. The zero-order chi connectivity index (χ0) is 27.2. The molecular formula is C24H23F2N7O4S. The number of carbonyl (C=O) groups excluding carboxylic acids is 4. The van der Waals surface area contributed by atoms with Crippen molar-refractivity contribution in [3.05, 3.63) is 76.5 Å². The Morgan fingerprint density at radius 3 is 2.66 bits per heavy atom. The molecule has 3 atom stereocenters. The summed E-state index contributed by atoms with van der Waals surface area (Å²) in [6.07, 6.45) is 4.26. The molecule has 0 saturated carbocycles. The van der Waals surface area contributed by atoms with E-state index < -0.39 is 53.5 Å². The summed E-state index contributed by atoms with van der Waals surface area (Å²) in [6, 6.07) is 2.09. The number of carbonyl (C=O) groups is 4. The number of hydrogen-bond donors (Lipinski definition) is 4. The molecule has 4 rings (SSSR count). The molecule has 2 aromatic heterocycles. The molecule has 5 amide bonds. The van der Waals surface area contributed by atoms with Gasteiger partial charge in [0.2, 0.25) is 11.8 Å². The minimum absolute atomic E-state index is 0.0196. The molecule has 3 aromatic rings. The van der Waals surface area contributed by atoms with Gasteiger partial charge in [0.1, 0.15) is 29.4 Å². The quantitative estimate of drug-likeness (QED) is 0.336. The molecule has 38 heavy (non-hydrogen) atoms. The molecule has 1 fully saturated rings. The number of likely N-dealkylation sites (tertiary alicyclic amines) is 1. The Labute approximate surface area is 219 Å². The summed E-state index contributed by atoms with van der Waals surface area (Å²) in [6.45, 7) is 0.0650. The monoisotopic (exact) mass is 543 g/mol. The predicted octanol–water partition coefficient (Wildman–Crippen LogP) is 1.43. The summed E-state index contributed by atoms with van der Waals surface area (Å²) in [5, 5.41) is 9.24. The first kappa shape index (κ1) is 26.6. The number of nitrogens with zero attached hydrogens (tertiary/aromatic N) is 3. The highest BCUT2D eigenvalue weighted by molar-refractivity contribution is 7.09. The van der Waals surface area contributed by atoms with E-state index in [0.29, 0.717) is 6.07 Å². The number of thiophene rings is 1. The van der Waals surface area contributed by atoms with Gasteiger partial charge in [-0.1, -0.05) is 6.07 Å². The first-order valence-electron chi connectivity index (χ1n) is 11.4. The molecule has 1 aliphatic rings. The van der Waals surface area contributed by atoms with E-state index in [1.807, 2.05) is 5.38 Å². The highest BCUT2D eigenvalue weighted by Gasteiger charge is 2.44. The van der Waals surface area contributed by atoms with Crippen molar-refractivity contribution in [2.75, 3.05) is 11.9 Å². The van der Waals surface area contributed by atoms with Gasteiger partial charge in [-0.3, -0.25) is 19.4 Å². The summed E-state index contributed by atoms with van der Waals surface area (Å²) in [7, 11) is 0. The average molecular weight is 544 g/mol. The van der Waals surface area contributed by atoms with E-state index in [9.17, 15) is 28.0 Å². The van der Waals surface area contributed by atoms with Gasteiger partial charge < -0.3 is 26.6 Å². The van der Waals surface area contributed by atoms with Gasteiger partial charge in [0, 0.05) is 36.3 Å². The number of nitrogens with one attached hydrogen (secondary N) is 3. The van der Waals surface area contributed by atoms with Crippen molar-refractivity contribution < 1.29 is 28.0 Å². The average Bonchev–Trinajstić information content (AvgIpc) is 3.55. The summed E-state index contributed by atoms with van der Waals surface area (Å²) < 4.78 is 27.2. The van der Waals surface area contributed by atoms with Crippen LogP contribution in [0, 0.1) is 11.6 Å². The first-order valence-corrected chi connectivity index (χ1v) is 12.3. The van der Waals surface area contributed by atoms with Crippen LogP contribution >= 0.6 is 11.3 Å². The molecule has 0 aliphatic carbocycles. The fraction of sp³-hybridized carbons (Fsp3) is 0.250. The third-order valence-corrected chi connectivity index (χ3v) is 6.75. The molecule has 11 nitrogen and oxygen atoms in total. The number of anilines is 1. The Hall–Kier alpha value is -4.46. The van der Waals surface area contributed by atoms with Crippen molar-refractivity contribution in [3.63, 3.8) is 0 Å². The highest BCUT2D eigenvalue weighted by atomic mass is 32.1. The van der Waals surface area contributed by atoms with Crippen LogP contribution < -0.4 is 21.7 Å². The van der Waals surface area contributed by atoms with Crippen LogP contribution in [-0.2, 0) is 16.0 Å². The lowest BCUT2D eigenvalue weighted by Crippen LogP contribution is -2.58. The van der Waals surface area contributed by atoms with E-state index >= 15 is 0 Å². The molecule has 3 unspecified atom stereocenters. The van der Waals surface area contributed by atoms with Gasteiger partial charge in [0.25, 0.3) is 5.91 Å². The molecule has 1 aliphatic heterocycles. The van der Waals surface area contributed by atoms with Crippen molar-refractivity contribution in [2.24, 2.45) is 5.73 Å². The fourth-order valence-electron chi connectivity index (χ4n) is 4.08. The molecular weight excluding hydrogens is 520 g/mol. The molecule has 1 saturated heterocycles. The largest absolute Gasteiger partial charge is 0.368 e. The second-order valence-corrected chi connectivity index (χ2v) is 9.43. The maximum Gasteiger partial charge on any atom is 0.319 e. The summed E-state index contributed by atoms with van der Waals surface area (Å²) in [4.78, 5) is 61.3. The summed E-state index contributed by atoms with van der Waals surface area (Å²) in [5.41, 5.74) is 5.22. The van der Waals surface area contributed by atoms with Gasteiger partial charge in [-0.25, -0.2) is 18.6 Å². The maximum absolute atomic E-state index is 14.0. The SMILES string of the molecule is NC(=O)C(Cc1cccs1)NC(=O)C1C(NC(=O)Nc2ccc(F)cc2F)CCN1C(=O)c1cnccn1. The van der Waals surface area contributed by atoms with Crippen molar-refractivity contribution in [1.82, 2.24) is 25.5 Å². The maximum atomic E-state index is 14.0. The Balaban J connectivity index is 1.54. The molecule has 198 valence electrons. The number of benzene rings is 1. The third kappa shape index (κ3) is 6.26. The topological polar surface area (TPSA) is 159 Å². The Bertz CT molecular complexity index is 1330. The number of amides is 5. The second kappa shape index (κ2) is 11.7. The molecule has 0 radical (unpaired) electrons. The van der Waals surface area contributed by atoms with Crippen molar-refractivity contribution in [3.8, 4) is 0 Å². The van der Waals surface area contributed by atoms with Crippen LogP contribution in [0.1, 0.15) is 21.8 Å². The number of nitrogens with two attached hydrogens (primary N) is 1. The van der Waals surface area contributed by atoms with Crippen LogP contribution in [0.2, 0.25) is 0 Å². The molecule has 3 heterocycles. The lowest BCUT2D eigenvalue weighted by Gasteiger charge is -2.29. The van der Waals surface area contributed by atoms with Gasteiger partial charge in [-0.2, -0.15) is 0 Å². The summed E-state index contributed by atoms with van der Waals surface area (Å²) >= 11 is 1.38. The first-order chi connectivity index (χ1) is 18.2. The number of rotatable bonds is 8. The minimum atomic E-state index is -1.25. The van der Waals surface area contributed by atoms with Crippen LogP contribution in [0.4, 0.5) is 19.3 Å². The van der Waals surface area contributed by atoms with Gasteiger partial charge >= 0.3 is 6.03 Å². The number of urea groups is 1. The zero-order valence-corrected chi connectivity index (χ0v) is 20.6. The van der Waals surface area contributed by atoms with Crippen LogP contribution in [0.15, 0.2) is 54.3 Å². The van der Waals surface area contributed by atoms with Crippen LogP contribution in [0.25, 0.3) is 0 Å². The van der Waals surface area contributed by atoms with Gasteiger partial charge in [0.05, 0.1) is 17.9 Å². The van der Waals surface area contributed by atoms with E-state index in [0.717, 1.165) is 17.0 Å². The van der Waals surface area contributed by atoms with E-state index in [-0.39, 0.29) is 30.8 Å². The Kier molecular flexibility index (Phi) is 8.21. The second-order valence-electron chi connectivity index (χ2n) is 8.40. The minimum Gasteiger partial charge on any atom is -0.368 e. The van der Waals surface area contributed by atoms with Gasteiger partial charge in [-0.15, -0.1) is 11.3 Å². The van der Waals surface area contributed by atoms with Crippen molar-refractivity contribution in [2.45, 2.75) is 31.0 Å². The normalized spacial score (nSPS) is 17.5. The number of hydrogen-bond acceptors (Lipinski definition) is 7. The lowest BCUT2D eigenvalue weighted by molar-refractivity contribution is -0.130. The van der Waals surface area contributed by atoms with E-state index in [1.165, 1.54) is 34.8 Å². The van der Waals surface area contributed by atoms with Crippen molar-refractivity contribution in [1.29, 1.82) is 0 Å². The summed E-state index contributed by atoms with van der Waals surface area (Å²) in [5.74, 6) is -3.91. The Morgan fingerprint density at radius 2 is 2.00 bits per heavy atom. The van der Waals surface area contributed by atoms with E-state index in [2.05, 4.69) is 25.9 Å². The Morgan fingerprint density at radius 1 is 1.18 bits per heavy atom. The fourth-order valence-corrected chi connectivity index (χ4v) is 4.83. The predicted molar refractivity (Wildman–Crippen MR) is 133 cm³/mol. The van der Waals surface area contributed by atoms with E-state index in [4.69, 9.17) is 5.73 Å². The standard InChI is InChI=1S/C24H23F2N7O4S/c25-13-3-4-16(15(26)10-13)31-24(37)32-17-5-8-33(23(36)19-12-28-6-7-29-19)20(17)22(35)30-18(21(27)34)11-14-2-1-9-38-14/h1-4,6-7,9-10,12,17-18,20H,5,8,11H2,(H2,27,34)(H,30,35)(H2,31,32,37). The smallest absolute Gasteiger partial charge is 0.319 e. The highest BCUT2D eigenvalue weighted by Crippen LogP contribution is 2.22. The third-order valence-electron chi connectivity index (χ3n) is 5.85. The van der Waals surface area contributed by atoms with Crippen LogP contribution in [0.5, 0.6) is 0 Å². The van der Waals surface area contributed by atoms with Gasteiger partial charge in [-0.05, 0) is 30.0 Å². The van der Waals surface area contributed by atoms with Gasteiger partial charge in [0.15, 0.2) is 0 Å².